The van der Waals surface area contributed by atoms with Crippen LogP contribution in [0, 0.1) is 5.92 Å². The zero-order valence-electron chi connectivity index (χ0n) is 11.8. The molecule has 1 aromatic carbocycles. The molecule has 112 valence electrons. The Morgan fingerprint density at radius 1 is 1.33 bits per heavy atom. The van der Waals surface area contributed by atoms with Crippen molar-refractivity contribution < 1.29 is 19.4 Å². The van der Waals surface area contributed by atoms with Crippen LogP contribution in [0.3, 0.4) is 0 Å². The van der Waals surface area contributed by atoms with E-state index in [1.54, 1.807) is 7.05 Å². The maximum atomic E-state index is 12.6. The molecule has 0 aromatic heterocycles. The Balaban J connectivity index is 1.70. The summed E-state index contributed by atoms with van der Waals surface area (Å²) in [6.07, 6.45) is 0.630. The van der Waals surface area contributed by atoms with Gasteiger partial charge in [0.25, 0.3) is 0 Å². The second kappa shape index (κ2) is 5.37. The van der Waals surface area contributed by atoms with Gasteiger partial charge < -0.3 is 20.1 Å². The van der Waals surface area contributed by atoms with Gasteiger partial charge in [-0.1, -0.05) is 18.2 Å². The van der Waals surface area contributed by atoms with E-state index in [4.69, 9.17) is 4.74 Å². The minimum absolute atomic E-state index is 0.0899. The van der Waals surface area contributed by atoms with E-state index in [1.807, 2.05) is 24.3 Å². The molecule has 1 amide bonds. The quantitative estimate of drug-likeness (QED) is 0.851. The Morgan fingerprint density at radius 2 is 2.10 bits per heavy atom. The summed E-state index contributed by atoms with van der Waals surface area (Å²) in [5.74, 6) is -1.66. The minimum Gasteiger partial charge on any atom is -0.481 e. The number of ether oxygens (including phenoxy) is 1. The van der Waals surface area contributed by atoms with Gasteiger partial charge in [-0.25, -0.2) is 0 Å². The number of hydrogen-bond donors (Lipinski definition) is 2. The number of rotatable bonds is 3. The van der Waals surface area contributed by atoms with Crippen molar-refractivity contribution in [3.8, 4) is 0 Å². The van der Waals surface area contributed by atoms with Crippen LogP contribution < -0.4 is 5.32 Å². The van der Waals surface area contributed by atoms with E-state index in [9.17, 15) is 14.7 Å². The molecule has 6 nitrogen and oxygen atoms in total. The van der Waals surface area contributed by atoms with Crippen molar-refractivity contribution in [2.45, 2.75) is 18.5 Å². The molecule has 1 saturated heterocycles. The summed E-state index contributed by atoms with van der Waals surface area (Å²) in [5, 5.41) is 12.4. The lowest BCUT2D eigenvalue weighted by atomic mass is 10.0. The van der Waals surface area contributed by atoms with Crippen molar-refractivity contribution in [3.63, 3.8) is 0 Å². The SMILES string of the molecule is CN(C(=O)[C@@H]1Cc2ccccc2N1)C1COCC1C(=O)O. The molecule has 3 atom stereocenters. The molecule has 0 saturated carbocycles. The van der Waals surface area contributed by atoms with Crippen LogP contribution in [0.5, 0.6) is 0 Å². The van der Waals surface area contributed by atoms with E-state index in [1.165, 1.54) is 4.90 Å². The average Bonchev–Trinajstić information content (AvgIpc) is 3.11. The zero-order valence-corrected chi connectivity index (χ0v) is 11.8. The summed E-state index contributed by atoms with van der Waals surface area (Å²) >= 11 is 0. The first-order chi connectivity index (χ1) is 10.1. The molecule has 2 heterocycles. The molecule has 2 unspecified atom stereocenters. The van der Waals surface area contributed by atoms with Gasteiger partial charge in [-0.3, -0.25) is 9.59 Å². The van der Waals surface area contributed by atoms with Crippen LogP contribution in [0.4, 0.5) is 5.69 Å². The molecule has 1 fully saturated rings. The third-order valence-corrected chi connectivity index (χ3v) is 4.28. The number of nitrogens with one attached hydrogen (secondary N) is 1. The van der Waals surface area contributed by atoms with Crippen molar-refractivity contribution in [1.82, 2.24) is 4.90 Å². The first-order valence-electron chi connectivity index (χ1n) is 6.99. The number of likely N-dealkylation sites (N-methyl/N-ethyl adjacent to an activating group) is 1. The third-order valence-electron chi connectivity index (χ3n) is 4.28. The highest BCUT2D eigenvalue weighted by Gasteiger charge is 2.40. The molecule has 0 radical (unpaired) electrons. The number of carbonyl (C=O) groups is 2. The highest BCUT2D eigenvalue weighted by Crippen LogP contribution is 2.27. The van der Waals surface area contributed by atoms with E-state index in [2.05, 4.69) is 5.32 Å². The Kier molecular flexibility index (Phi) is 3.55. The number of anilines is 1. The maximum absolute atomic E-state index is 12.6. The van der Waals surface area contributed by atoms with Gasteiger partial charge in [0.2, 0.25) is 5.91 Å². The first-order valence-corrected chi connectivity index (χ1v) is 6.99. The van der Waals surface area contributed by atoms with Gasteiger partial charge in [0.1, 0.15) is 12.0 Å². The number of para-hydroxylation sites is 1. The zero-order chi connectivity index (χ0) is 15.0. The Labute approximate surface area is 122 Å². The van der Waals surface area contributed by atoms with Gasteiger partial charge in [-0.05, 0) is 11.6 Å². The van der Waals surface area contributed by atoms with E-state index < -0.39 is 17.9 Å². The fourth-order valence-corrected chi connectivity index (χ4v) is 3.02. The highest BCUT2D eigenvalue weighted by molar-refractivity contribution is 5.88. The number of benzene rings is 1. The van der Waals surface area contributed by atoms with Crippen molar-refractivity contribution >= 4 is 17.6 Å². The largest absolute Gasteiger partial charge is 0.481 e. The molecule has 1 aromatic rings. The summed E-state index contributed by atoms with van der Waals surface area (Å²) in [5.41, 5.74) is 2.09. The van der Waals surface area contributed by atoms with Crippen molar-refractivity contribution in [1.29, 1.82) is 0 Å². The molecule has 6 heteroatoms. The summed E-state index contributed by atoms with van der Waals surface area (Å²) in [6.45, 7) is 0.439. The number of carboxylic acids is 1. The normalized spacial score (nSPS) is 27.0. The molecule has 2 aliphatic heterocycles. The van der Waals surface area contributed by atoms with Gasteiger partial charge in [0.05, 0.1) is 19.3 Å². The lowest BCUT2D eigenvalue weighted by molar-refractivity contribution is -0.144. The van der Waals surface area contributed by atoms with Crippen molar-refractivity contribution in [2.24, 2.45) is 5.92 Å². The molecular weight excluding hydrogens is 272 g/mol. The third kappa shape index (κ3) is 2.47. The van der Waals surface area contributed by atoms with Crippen molar-refractivity contribution in [2.75, 3.05) is 25.6 Å². The molecule has 21 heavy (non-hydrogen) atoms. The maximum Gasteiger partial charge on any atom is 0.311 e. The van der Waals surface area contributed by atoms with Crippen LogP contribution in [0.15, 0.2) is 24.3 Å². The highest BCUT2D eigenvalue weighted by atomic mass is 16.5. The van der Waals surface area contributed by atoms with Gasteiger partial charge in [-0.2, -0.15) is 0 Å². The number of fused-ring (bicyclic) bond motifs is 1. The smallest absolute Gasteiger partial charge is 0.311 e. The fourth-order valence-electron chi connectivity index (χ4n) is 3.02. The van der Waals surface area contributed by atoms with Crippen molar-refractivity contribution in [3.05, 3.63) is 29.8 Å². The van der Waals surface area contributed by atoms with Crippen LogP contribution in [0.2, 0.25) is 0 Å². The lowest BCUT2D eigenvalue weighted by Crippen LogP contribution is -2.49. The summed E-state index contributed by atoms with van der Waals surface area (Å²) < 4.78 is 5.23. The number of carboxylic acid groups (broad SMARTS) is 1. The predicted molar refractivity (Wildman–Crippen MR) is 76.1 cm³/mol. The monoisotopic (exact) mass is 290 g/mol. The molecule has 2 aliphatic rings. The van der Waals surface area contributed by atoms with E-state index >= 15 is 0 Å². The standard InChI is InChI=1S/C15H18N2O4/c1-17(13-8-21-7-10(13)15(19)20)14(18)12-6-9-4-2-3-5-11(9)16-12/h2-5,10,12-13,16H,6-8H2,1H3,(H,19,20)/t10?,12-,13?/m0/s1. The summed E-state index contributed by atoms with van der Waals surface area (Å²) in [4.78, 5) is 25.3. The predicted octanol–water partition coefficient (Wildman–Crippen LogP) is 0.581. The number of nitrogens with zero attached hydrogens (tertiary/aromatic N) is 1. The van der Waals surface area contributed by atoms with E-state index in [0.29, 0.717) is 6.42 Å². The molecular formula is C15H18N2O4. The molecule has 2 N–H and O–H groups in total. The van der Waals surface area contributed by atoms with Gasteiger partial charge >= 0.3 is 5.97 Å². The number of hydrogen-bond acceptors (Lipinski definition) is 4. The van der Waals surface area contributed by atoms with Crippen LogP contribution in [0.1, 0.15) is 5.56 Å². The number of aliphatic carboxylic acids is 1. The second-order valence-corrected chi connectivity index (χ2v) is 5.56. The van der Waals surface area contributed by atoms with Crippen LogP contribution in [-0.2, 0) is 20.7 Å². The van der Waals surface area contributed by atoms with Gasteiger partial charge in [0.15, 0.2) is 0 Å². The number of carbonyl (C=O) groups excluding carboxylic acids is 1. The lowest BCUT2D eigenvalue weighted by Gasteiger charge is -2.28. The van der Waals surface area contributed by atoms with E-state index in [-0.39, 0.29) is 25.2 Å². The topological polar surface area (TPSA) is 78.9 Å². The van der Waals surface area contributed by atoms with E-state index in [0.717, 1.165) is 11.3 Å². The summed E-state index contributed by atoms with van der Waals surface area (Å²) in [6, 6.07) is 7.08. The molecule has 3 rings (SSSR count). The van der Waals surface area contributed by atoms with Gasteiger partial charge in [-0.15, -0.1) is 0 Å². The minimum atomic E-state index is -0.917. The average molecular weight is 290 g/mol. The van der Waals surface area contributed by atoms with Crippen LogP contribution >= 0.6 is 0 Å². The molecule has 0 aliphatic carbocycles. The van der Waals surface area contributed by atoms with Crippen LogP contribution in [-0.4, -0.2) is 54.2 Å². The van der Waals surface area contributed by atoms with Gasteiger partial charge in [0, 0.05) is 19.2 Å². The Hall–Kier alpha value is -2.08. The second-order valence-electron chi connectivity index (χ2n) is 5.56. The Morgan fingerprint density at radius 3 is 2.81 bits per heavy atom. The Bertz CT molecular complexity index is 550. The summed E-state index contributed by atoms with van der Waals surface area (Å²) in [7, 11) is 1.66. The number of amides is 1. The molecule has 0 bridgehead atoms. The fraction of sp³-hybridized carbons (Fsp3) is 0.467. The molecule has 0 spiro atoms. The first kappa shape index (κ1) is 13.9. The van der Waals surface area contributed by atoms with Crippen LogP contribution in [0.25, 0.3) is 0 Å².